The van der Waals surface area contributed by atoms with Gasteiger partial charge in [-0.2, -0.15) is 0 Å². The molecular weight excluding hydrogens is 829 g/mol. The summed E-state index contributed by atoms with van der Waals surface area (Å²) in [6, 6.07) is 38.1. The molecule has 0 N–H and O–H groups in total. The Kier molecular flexibility index (Phi) is 12.6. The highest BCUT2D eigenvalue weighted by Gasteiger charge is 2.53. The van der Waals surface area contributed by atoms with E-state index < -0.39 is 5.41 Å². The Morgan fingerprint density at radius 3 is 1.12 bits per heavy atom. The van der Waals surface area contributed by atoms with Crippen LogP contribution in [-0.4, -0.2) is 130 Å². The van der Waals surface area contributed by atoms with Crippen molar-refractivity contribution in [1.82, 2.24) is 0 Å². The molecule has 0 saturated carbocycles. The average molecular weight is 883 g/mol. The third kappa shape index (κ3) is 9.27. The molecule has 4 aliphatic heterocycles. The molecule has 12 nitrogen and oxygen atoms in total. The molecular formula is C53H54O12. The lowest BCUT2D eigenvalue weighted by atomic mass is 9.65. The zero-order chi connectivity index (χ0) is 43.4. The second kappa shape index (κ2) is 19.3. The van der Waals surface area contributed by atoms with Crippen LogP contribution in [0.15, 0.2) is 109 Å². The summed E-state index contributed by atoms with van der Waals surface area (Å²) in [5, 5.41) is 3.80. The molecule has 65 heavy (non-hydrogen) atoms. The van der Waals surface area contributed by atoms with Crippen LogP contribution < -0.4 is 18.9 Å². The molecule has 11 rings (SSSR count). The van der Waals surface area contributed by atoms with E-state index in [1.807, 2.05) is 12.1 Å². The van der Waals surface area contributed by atoms with Crippen molar-refractivity contribution in [3.63, 3.8) is 0 Å². The second-order valence-electron chi connectivity index (χ2n) is 17.0. The van der Waals surface area contributed by atoms with Gasteiger partial charge in [-0.25, -0.2) is 0 Å². The van der Waals surface area contributed by atoms with Crippen LogP contribution in [0.4, 0.5) is 0 Å². The van der Waals surface area contributed by atoms with Gasteiger partial charge in [-0.05, 0) is 45.2 Å². The summed E-state index contributed by atoms with van der Waals surface area (Å²) >= 11 is 0. The number of hydrogen-bond donors (Lipinski definition) is 0. The first kappa shape index (κ1) is 42.4. The maximum absolute atomic E-state index is 7.16. The van der Waals surface area contributed by atoms with E-state index in [2.05, 4.69) is 97.1 Å². The van der Waals surface area contributed by atoms with E-state index in [-0.39, 0.29) is 50.8 Å². The minimum atomic E-state index is -1.15. The summed E-state index contributed by atoms with van der Waals surface area (Å²) in [6.07, 6.45) is 0.547. The van der Waals surface area contributed by atoms with Crippen LogP contribution in [0.1, 0.15) is 22.3 Å². The standard InChI is InChI=1S/C53H54O12/c1-3-11-41-35(9-1)25-47(58-21-17-54-27-37-31-62-37)49(51(41)60-23-19-56-29-39-33-64-39)53(45-15-7-5-13-43(45)44-14-6-8-16-46(44)53)50-48(59-22-18-55-28-38-32-63-38)26-36-10-2-4-12-42(36)52(50)61-24-20-57-30-40-34-65-40/h1-16,25-26,37-40H,17-24,27-34H2. The molecule has 0 amide bonds. The maximum Gasteiger partial charge on any atom is 0.135 e. The van der Waals surface area contributed by atoms with Gasteiger partial charge in [0.1, 0.15) is 73.8 Å². The van der Waals surface area contributed by atoms with E-state index in [1.165, 1.54) is 0 Å². The van der Waals surface area contributed by atoms with E-state index in [9.17, 15) is 0 Å². The molecule has 0 bridgehead atoms. The largest absolute Gasteiger partial charge is 0.491 e. The predicted molar refractivity (Wildman–Crippen MR) is 243 cm³/mol. The summed E-state index contributed by atoms with van der Waals surface area (Å²) in [4.78, 5) is 0. The van der Waals surface area contributed by atoms with Crippen LogP contribution in [0.2, 0.25) is 0 Å². The number of rotatable bonds is 26. The number of fused-ring (bicyclic) bond motifs is 5. The molecule has 5 aliphatic rings. The number of benzene rings is 6. The zero-order valence-electron chi connectivity index (χ0n) is 36.4. The lowest BCUT2D eigenvalue weighted by Gasteiger charge is -2.39. The fourth-order valence-corrected chi connectivity index (χ4v) is 9.06. The van der Waals surface area contributed by atoms with Crippen LogP contribution in [0.3, 0.4) is 0 Å². The first-order chi connectivity index (χ1) is 32.3. The van der Waals surface area contributed by atoms with Gasteiger partial charge in [0.25, 0.3) is 0 Å². The van der Waals surface area contributed by atoms with Crippen molar-refractivity contribution in [1.29, 1.82) is 0 Å². The molecule has 4 saturated heterocycles. The van der Waals surface area contributed by atoms with Crippen molar-refractivity contribution in [3.05, 3.63) is 131 Å². The van der Waals surface area contributed by atoms with Crippen LogP contribution in [0.25, 0.3) is 32.7 Å². The van der Waals surface area contributed by atoms with Crippen molar-refractivity contribution < 1.29 is 56.8 Å². The summed E-state index contributed by atoms with van der Waals surface area (Å²) < 4.78 is 74.5. The van der Waals surface area contributed by atoms with Crippen molar-refractivity contribution in [2.45, 2.75) is 29.8 Å². The highest BCUT2D eigenvalue weighted by molar-refractivity contribution is 6.00. The molecule has 338 valence electrons. The molecule has 12 heteroatoms. The Morgan fingerprint density at radius 1 is 0.400 bits per heavy atom. The number of epoxide rings is 4. The van der Waals surface area contributed by atoms with Crippen molar-refractivity contribution in [2.75, 3.05) is 106 Å². The molecule has 4 heterocycles. The van der Waals surface area contributed by atoms with Crippen molar-refractivity contribution >= 4 is 21.5 Å². The minimum absolute atomic E-state index is 0.135. The highest BCUT2D eigenvalue weighted by atomic mass is 16.6. The SMILES string of the molecule is c1ccc2c(c1)-c1ccccc1C2(c1c(OCCOCC2CO2)cc2ccccc2c1OCCOCC1CO1)c1c(OCCOCC2CO2)cc2ccccc2c1OCCOCC1CO1. The third-order valence-corrected chi connectivity index (χ3v) is 12.4. The van der Waals surface area contributed by atoms with Gasteiger partial charge in [-0.15, -0.1) is 0 Å². The first-order valence-electron chi connectivity index (χ1n) is 22.9. The molecule has 1 aliphatic carbocycles. The van der Waals surface area contributed by atoms with Gasteiger partial charge in [0.05, 0.1) is 95.8 Å². The summed E-state index contributed by atoms with van der Waals surface area (Å²) in [6.45, 7) is 7.57. The van der Waals surface area contributed by atoms with Crippen molar-refractivity contribution in [2.24, 2.45) is 0 Å². The predicted octanol–water partition coefficient (Wildman–Crippen LogP) is 7.53. The molecule has 0 aromatic heterocycles. The third-order valence-electron chi connectivity index (χ3n) is 12.4. The maximum atomic E-state index is 7.16. The van der Waals surface area contributed by atoms with E-state index >= 15 is 0 Å². The van der Waals surface area contributed by atoms with Gasteiger partial charge < -0.3 is 56.8 Å². The second-order valence-corrected chi connectivity index (χ2v) is 17.0. The Bertz CT molecular complexity index is 2420. The first-order valence-corrected chi connectivity index (χ1v) is 22.9. The topological polar surface area (TPSA) is 124 Å². The zero-order valence-corrected chi connectivity index (χ0v) is 36.4. The van der Waals surface area contributed by atoms with Crippen LogP contribution >= 0.6 is 0 Å². The van der Waals surface area contributed by atoms with E-state index in [1.54, 1.807) is 0 Å². The van der Waals surface area contributed by atoms with Gasteiger partial charge in [0.2, 0.25) is 0 Å². The number of ether oxygens (including phenoxy) is 12. The Morgan fingerprint density at radius 2 is 0.738 bits per heavy atom. The quantitative estimate of drug-likeness (QED) is 0.0395. The molecule has 0 radical (unpaired) electrons. The van der Waals surface area contributed by atoms with Crippen LogP contribution in [0.5, 0.6) is 23.0 Å². The Hall–Kier alpha value is -5.28. The van der Waals surface area contributed by atoms with Gasteiger partial charge >= 0.3 is 0 Å². The van der Waals surface area contributed by atoms with Gasteiger partial charge in [0, 0.05) is 10.8 Å². The number of hydrogen-bond acceptors (Lipinski definition) is 12. The van der Waals surface area contributed by atoms with Gasteiger partial charge in [-0.3, -0.25) is 0 Å². The monoisotopic (exact) mass is 882 g/mol. The minimum Gasteiger partial charge on any atom is -0.491 e. The van der Waals surface area contributed by atoms with Gasteiger partial charge in [0.15, 0.2) is 0 Å². The van der Waals surface area contributed by atoms with Gasteiger partial charge in [-0.1, -0.05) is 97.1 Å². The average Bonchev–Trinajstić information content (AvgIpc) is 4.11. The fourth-order valence-electron chi connectivity index (χ4n) is 9.06. The molecule has 4 atom stereocenters. The molecule has 4 unspecified atom stereocenters. The summed E-state index contributed by atoms with van der Waals surface area (Å²) in [5.41, 5.74) is 4.72. The fraction of sp³-hybridized carbons (Fsp3) is 0.396. The summed E-state index contributed by atoms with van der Waals surface area (Å²) in [5.74, 6) is 2.64. The van der Waals surface area contributed by atoms with E-state index in [4.69, 9.17) is 56.8 Å². The van der Waals surface area contributed by atoms with Crippen LogP contribution in [0, 0.1) is 0 Å². The van der Waals surface area contributed by atoms with E-state index in [0.29, 0.717) is 75.9 Å². The molecule has 0 spiro atoms. The molecule has 6 aromatic rings. The highest BCUT2D eigenvalue weighted by Crippen LogP contribution is 2.64. The molecule has 6 aromatic carbocycles. The summed E-state index contributed by atoms with van der Waals surface area (Å²) in [7, 11) is 0. The molecule has 4 fully saturated rings. The lowest BCUT2D eigenvalue weighted by molar-refractivity contribution is 0.0842. The Balaban J connectivity index is 1.14. The van der Waals surface area contributed by atoms with E-state index in [0.717, 1.165) is 81.4 Å². The Labute approximate surface area is 378 Å². The van der Waals surface area contributed by atoms with Crippen LogP contribution in [-0.2, 0) is 43.3 Å². The normalized spacial score (nSPS) is 20.6. The lowest BCUT2D eigenvalue weighted by Crippen LogP contribution is -2.32. The smallest absolute Gasteiger partial charge is 0.135 e. The van der Waals surface area contributed by atoms with Crippen molar-refractivity contribution in [3.8, 4) is 34.1 Å².